The second-order valence-corrected chi connectivity index (χ2v) is 4.67. The number of halogens is 2. The lowest BCUT2D eigenvalue weighted by atomic mass is 10.2. The molecule has 0 saturated carbocycles. The van der Waals surface area contributed by atoms with Gasteiger partial charge in [0.1, 0.15) is 16.5 Å². The maximum absolute atomic E-state index is 11.1. The molecule has 0 aliphatic carbocycles. The van der Waals surface area contributed by atoms with Crippen molar-refractivity contribution in [3.8, 4) is 0 Å². The van der Waals surface area contributed by atoms with Crippen LogP contribution in [0.3, 0.4) is 0 Å². The molecule has 0 aromatic carbocycles. The number of hydrogen-bond donors (Lipinski definition) is 0. The molecule has 5 heteroatoms. The molecule has 14 heavy (non-hydrogen) atoms. The summed E-state index contributed by atoms with van der Waals surface area (Å²) in [6.45, 7) is 5.17. The van der Waals surface area contributed by atoms with Gasteiger partial charge in [0, 0.05) is 6.08 Å². The van der Waals surface area contributed by atoms with Gasteiger partial charge < -0.3 is 4.74 Å². The standard InChI is InChI=1S/C9H12Cl2O3/c1-9(2,3)14-8(13)5-6(12)4-7(10)11/h4H,5H2,1-3H3. The zero-order chi connectivity index (χ0) is 11.4. The third-order valence-electron chi connectivity index (χ3n) is 1.01. The van der Waals surface area contributed by atoms with Crippen molar-refractivity contribution in [1.82, 2.24) is 0 Å². The number of esters is 1. The van der Waals surface area contributed by atoms with E-state index in [1.54, 1.807) is 20.8 Å². The molecule has 0 saturated heterocycles. The summed E-state index contributed by atoms with van der Waals surface area (Å²) < 4.78 is 4.75. The number of hydrogen-bond acceptors (Lipinski definition) is 3. The van der Waals surface area contributed by atoms with E-state index in [9.17, 15) is 9.59 Å². The van der Waals surface area contributed by atoms with Gasteiger partial charge in [-0.1, -0.05) is 23.2 Å². The maximum Gasteiger partial charge on any atom is 0.314 e. The highest BCUT2D eigenvalue weighted by Gasteiger charge is 2.17. The summed E-state index contributed by atoms with van der Waals surface area (Å²) in [4.78, 5) is 22.1. The lowest BCUT2D eigenvalue weighted by molar-refractivity contribution is -0.155. The minimum atomic E-state index is -0.591. The topological polar surface area (TPSA) is 43.4 Å². The van der Waals surface area contributed by atoms with Crippen molar-refractivity contribution in [2.24, 2.45) is 0 Å². The van der Waals surface area contributed by atoms with Crippen LogP contribution < -0.4 is 0 Å². The third-order valence-corrected chi connectivity index (χ3v) is 1.23. The molecule has 0 aromatic heterocycles. The molecule has 0 spiro atoms. The van der Waals surface area contributed by atoms with Crippen molar-refractivity contribution in [3.63, 3.8) is 0 Å². The van der Waals surface area contributed by atoms with Crippen LogP contribution in [0, 0.1) is 0 Å². The van der Waals surface area contributed by atoms with E-state index >= 15 is 0 Å². The summed E-state index contributed by atoms with van der Waals surface area (Å²) in [6.07, 6.45) is 0.632. The summed E-state index contributed by atoms with van der Waals surface area (Å²) in [5.74, 6) is -1.06. The van der Waals surface area contributed by atoms with Gasteiger partial charge in [0.15, 0.2) is 5.78 Å². The fraction of sp³-hybridized carbons (Fsp3) is 0.556. The van der Waals surface area contributed by atoms with Gasteiger partial charge in [-0.3, -0.25) is 9.59 Å². The van der Waals surface area contributed by atoms with Gasteiger partial charge in [-0.2, -0.15) is 0 Å². The quantitative estimate of drug-likeness (QED) is 0.432. The highest BCUT2D eigenvalue weighted by molar-refractivity contribution is 6.56. The first kappa shape index (κ1) is 13.5. The molecule has 0 unspecified atom stereocenters. The molecule has 0 amide bonds. The van der Waals surface area contributed by atoms with Crippen LogP contribution in [0.5, 0.6) is 0 Å². The Morgan fingerprint density at radius 1 is 1.29 bits per heavy atom. The number of carbonyl (C=O) groups is 2. The number of rotatable bonds is 3. The number of ether oxygens (including phenoxy) is 1. The van der Waals surface area contributed by atoms with Crippen molar-refractivity contribution in [1.29, 1.82) is 0 Å². The van der Waals surface area contributed by atoms with Crippen LogP contribution in [0.1, 0.15) is 27.2 Å². The van der Waals surface area contributed by atoms with Crippen LogP contribution in [-0.2, 0) is 14.3 Å². The Hall–Kier alpha value is -0.540. The summed E-state index contributed by atoms with van der Waals surface area (Å²) in [6, 6.07) is 0. The SMILES string of the molecule is CC(C)(C)OC(=O)CC(=O)C=C(Cl)Cl. The molecule has 0 bridgehead atoms. The van der Waals surface area contributed by atoms with Crippen molar-refractivity contribution in [2.75, 3.05) is 0 Å². The predicted octanol–water partition coefficient (Wildman–Crippen LogP) is 2.61. The molecule has 0 aliphatic rings. The lowest BCUT2D eigenvalue weighted by Crippen LogP contribution is -2.25. The summed E-state index contributed by atoms with van der Waals surface area (Å²) in [7, 11) is 0. The van der Waals surface area contributed by atoms with Crippen LogP contribution in [0.2, 0.25) is 0 Å². The van der Waals surface area contributed by atoms with Crippen LogP contribution >= 0.6 is 23.2 Å². The minimum Gasteiger partial charge on any atom is -0.460 e. The van der Waals surface area contributed by atoms with E-state index in [2.05, 4.69) is 0 Å². The molecule has 0 fully saturated rings. The number of carbonyl (C=O) groups excluding carboxylic acids is 2. The predicted molar refractivity (Wildman–Crippen MR) is 55.3 cm³/mol. The fourth-order valence-corrected chi connectivity index (χ4v) is 0.936. The van der Waals surface area contributed by atoms with Crippen molar-refractivity contribution in [2.45, 2.75) is 32.8 Å². The van der Waals surface area contributed by atoms with Gasteiger partial charge in [0.05, 0.1) is 0 Å². The minimum absolute atomic E-state index is 0.168. The average Bonchev–Trinajstić information content (AvgIpc) is 1.77. The largest absolute Gasteiger partial charge is 0.460 e. The van der Waals surface area contributed by atoms with Gasteiger partial charge in [0.2, 0.25) is 0 Å². The van der Waals surface area contributed by atoms with E-state index in [1.807, 2.05) is 0 Å². The van der Waals surface area contributed by atoms with Gasteiger partial charge >= 0.3 is 5.97 Å². The van der Waals surface area contributed by atoms with Crippen LogP contribution in [0.4, 0.5) is 0 Å². The van der Waals surface area contributed by atoms with E-state index in [0.717, 1.165) is 6.08 Å². The zero-order valence-corrected chi connectivity index (χ0v) is 9.78. The number of allylic oxidation sites excluding steroid dienone is 1. The Balaban J connectivity index is 4.09. The highest BCUT2D eigenvalue weighted by atomic mass is 35.5. The normalized spacial score (nSPS) is 10.6. The van der Waals surface area contributed by atoms with Crippen LogP contribution in [-0.4, -0.2) is 17.4 Å². The second kappa shape index (κ2) is 5.37. The summed E-state index contributed by atoms with van der Waals surface area (Å²) in [5, 5.41) is 0. The van der Waals surface area contributed by atoms with E-state index in [0.29, 0.717) is 0 Å². The van der Waals surface area contributed by atoms with E-state index in [4.69, 9.17) is 27.9 Å². The number of ketones is 1. The molecule has 0 aliphatic heterocycles. The van der Waals surface area contributed by atoms with Gasteiger partial charge in [-0.15, -0.1) is 0 Å². The fourth-order valence-electron chi connectivity index (χ4n) is 0.693. The Morgan fingerprint density at radius 2 is 1.79 bits per heavy atom. The first-order valence-electron chi connectivity index (χ1n) is 3.98. The van der Waals surface area contributed by atoms with Gasteiger partial charge in [0.25, 0.3) is 0 Å². The molecule has 0 N–H and O–H groups in total. The van der Waals surface area contributed by atoms with Crippen molar-refractivity contribution in [3.05, 3.63) is 10.6 Å². The molecular weight excluding hydrogens is 227 g/mol. The highest BCUT2D eigenvalue weighted by Crippen LogP contribution is 2.10. The smallest absolute Gasteiger partial charge is 0.314 e. The molecule has 0 rings (SSSR count). The molecule has 0 radical (unpaired) electrons. The Morgan fingerprint density at radius 3 is 2.14 bits per heavy atom. The van der Waals surface area contributed by atoms with E-state index in [-0.39, 0.29) is 10.9 Å². The third kappa shape index (κ3) is 8.08. The van der Waals surface area contributed by atoms with Crippen molar-refractivity contribution >= 4 is 35.0 Å². The van der Waals surface area contributed by atoms with Crippen molar-refractivity contribution < 1.29 is 14.3 Å². The first-order valence-corrected chi connectivity index (χ1v) is 4.73. The zero-order valence-electron chi connectivity index (χ0n) is 8.27. The van der Waals surface area contributed by atoms with E-state index < -0.39 is 17.4 Å². The van der Waals surface area contributed by atoms with E-state index in [1.165, 1.54) is 0 Å². The molecular formula is C9H12Cl2O3. The molecule has 80 valence electrons. The van der Waals surface area contributed by atoms with Crippen LogP contribution in [0.25, 0.3) is 0 Å². The van der Waals surface area contributed by atoms with Gasteiger partial charge in [-0.05, 0) is 20.8 Å². The Bertz CT molecular complexity index is 260. The summed E-state index contributed by atoms with van der Waals surface area (Å²) >= 11 is 10.5. The summed E-state index contributed by atoms with van der Waals surface area (Å²) in [5.41, 5.74) is -0.591. The molecule has 0 atom stereocenters. The second-order valence-electron chi connectivity index (χ2n) is 3.66. The molecule has 0 heterocycles. The van der Waals surface area contributed by atoms with Gasteiger partial charge in [-0.25, -0.2) is 0 Å². The Labute approximate surface area is 93.0 Å². The molecule has 3 nitrogen and oxygen atoms in total. The molecule has 0 aromatic rings. The maximum atomic E-state index is 11.1. The average molecular weight is 239 g/mol. The van der Waals surface area contributed by atoms with Crippen LogP contribution in [0.15, 0.2) is 10.6 Å². The lowest BCUT2D eigenvalue weighted by Gasteiger charge is -2.18. The monoisotopic (exact) mass is 238 g/mol. The first-order chi connectivity index (χ1) is 6.20. The Kier molecular flexibility index (Phi) is 5.16.